The second-order valence-corrected chi connectivity index (χ2v) is 8.90. The van der Waals surface area contributed by atoms with Crippen molar-refractivity contribution in [3.8, 4) is 17.3 Å². The average molecular weight is 485 g/mol. The van der Waals surface area contributed by atoms with Gasteiger partial charge < -0.3 is 24.5 Å². The molecule has 9 heteroatoms. The summed E-state index contributed by atoms with van der Waals surface area (Å²) in [5.41, 5.74) is 11.0. The lowest BCUT2D eigenvalue weighted by Crippen LogP contribution is -2.28. The molecular formula is C27H28N6O3. The maximum Gasteiger partial charge on any atom is 0.232 e. The van der Waals surface area contributed by atoms with Crippen LogP contribution in [-0.2, 0) is 11.2 Å². The molecule has 0 amide bonds. The summed E-state index contributed by atoms with van der Waals surface area (Å²) in [6, 6.07) is 15.6. The van der Waals surface area contributed by atoms with Crippen molar-refractivity contribution in [3.63, 3.8) is 0 Å². The van der Waals surface area contributed by atoms with Gasteiger partial charge >= 0.3 is 0 Å². The Morgan fingerprint density at radius 1 is 1.17 bits per heavy atom. The molecule has 2 atom stereocenters. The van der Waals surface area contributed by atoms with E-state index in [2.05, 4.69) is 33.9 Å². The second-order valence-electron chi connectivity index (χ2n) is 8.90. The minimum atomic E-state index is -0.193. The molecule has 5 aromatic rings. The molecular weight excluding hydrogens is 456 g/mol. The van der Waals surface area contributed by atoms with E-state index >= 15 is 0 Å². The number of nitrogens with zero attached hydrogens (tertiary/aromatic N) is 5. The molecule has 1 aliphatic rings. The number of rotatable bonds is 8. The molecule has 0 unspecified atom stereocenters. The normalized spacial score (nSPS) is 17.1. The van der Waals surface area contributed by atoms with Crippen molar-refractivity contribution in [1.29, 1.82) is 0 Å². The summed E-state index contributed by atoms with van der Waals surface area (Å²) in [6.07, 6.45) is 4.11. The Balaban J connectivity index is 1.33. The molecule has 36 heavy (non-hydrogen) atoms. The van der Waals surface area contributed by atoms with Crippen molar-refractivity contribution >= 4 is 22.4 Å². The first kappa shape index (κ1) is 22.5. The molecule has 4 aromatic heterocycles. The van der Waals surface area contributed by atoms with Crippen LogP contribution in [0.1, 0.15) is 24.1 Å². The Bertz CT molecular complexity index is 1530. The number of ether oxygens (including phenoxy) is 2. The maximum atomic E-state index is 6.47. The third-order valence-electron chi connectivity index (χ3n) is 6.77. The monoisotopic (exact) mass is 484 g/mol. The zero-order valence-electron chi connectivity index (χ0n) is 20.3. The SMILES string of the molecule is CCN(CCOC)c1nccc2oc(-c3cnc4ccc(O[C@H]5Cc6ccccc6[C@@H]5N)nn34)cc12. The fourth-order valence-electron chi connectivity index (χ4n) is 4.89. The maximum absolute atomic E-state index is 6.47. The van der Waals surface area contributed by atoms with E-state index in [9.17, 15) is 0 Å². The van der Waals surface area contributed by atoms with E-state index in [0.29, 0.717) is 23.9 Å². The summed E-state index contributed by atoms with van der Waals surface area (Å²) in [7, 11) is 1.70. The number of furan rings is 1. The molecule has 9 nitrogen and oxygen atoms in total. The Morgan fingerprint density at radius 2 is 2.06 bits per heavy atom. The van der Waals surface area contributed by atoms with Gasteiger partial charge in [-0.2, -0.15) is 0 Å². The lowest BCUT2D eigenvalue weighted by atomic mass is 10.1. The highest BCUT2D eigenvalue weighted by molar-refractivity contribution is 5.91. The third-order valence-corrected chi connectivity index (χ3v) is 6.77. The highest BCUT2D eigenvalue weighted by Gasteiger charge is 2.31. The summed E-state index contributed by atoms with van der Waals surface area (Å²) in [4.78, 5) is 11.3. The van der Waals surface area contributed by atoms with E-state index in [1.807, 2.05) is 36.4 Å². The summed E-state index contributed by atoms with van der Waals surface area (Å²) in [5, 5.41) is 5.66. The lowest BCUT2D eigenvalue weighted by molar-refractivity contribution is 0.175. The number of anilines is 1. The van der Waals surface area contributed by atoms with Gasteiger partial charge in [-0.15, -0.1) is 5.10 Å². The largest absolute Gasteiger partial charge is 0.471 e. The number of imidazole rings is 1. The van der Waals surface area contributed by atoms with E-state index in [0.717, 1.165) is 47.6 Å². The molecule has 6 rings (SSSR count). The molecule has 184 valence electrons. The smallest absolute Gasteiger partial charge is 0.232 e. The summed E-state index contributed by atoms with van der Waals surface area (Å²) in [6.45, 7) is 4.26. The molecule has 0 saturated heterocycles. The van der Waals surface area contributed by atoms with E-state index in [1.165, 1.54) is 5.56 Å². The van der Waals surface area contributed by atoms with Crippen LogP contribution in [-0.4, -0.2) is 52.5 Å². The van der Waals surface area contributed by atoms with Crippen molar-refractivity contribution in [3.05, 3.63) is 72.1 Å². The number of nitrogens with two attached hydrogens (primary N) is 1. The summed E-state index contributed by atoms with van der Waals surface area (Å²) < 4.78 is 19.5. The first-order chi connectivity index (χ1) is 17.7. The van der Waals surface area contributed by atoms with Crippen LogP contribution < -0.4 is 15.4 Å². The van der Waals surface area contributed by atoms with Gasteiger partial charge in [0.1, 0.15) is 23.2 Å². The number of benzene rings is 1. The number of methoxy groups -OCH3 is 1. The Labute approximate surface area is 208 Å². The summed E-state index contributed by atoms with van der Waals surface area (Å²) in [5.74, 6) is 2.01. The highest BCUT2D eigenvalue weighted by atomic mass is 16.5. The van der Waals surface area contributed by atoms with Crippen LogP contribution in [0.15, 0.2) is 65.3 Å². The molecule has 0 radical (unpaired) electrons. The number of pyridine rings is 1. The van der Waals surface area contributed by atoms with Crippen molar-refractivity contribution < 1.29 is 13.9 Å². The predicted molar refractivity (Wildman–Crippen MR) is 137 cm³/mol. The van der Waals surface area contributed by atoms with Gasteiger partial charge in [-0.25, -0.2) is 14.5 Å². The first-order valence-corrected chi connectivity index (χ1v) is 12.1. The molecule has 1 aliphatic carbocycles. The molecule has 0 saturated carbocycles. The topological polar surface area (TPSA) is 104 Å². The second kappa shape index (κ2) is 9.25. The fraction of sp³-hybridized carbons (Fsp3) is 0.296. The van der Waals surface area contributed by atoms with Gasteiger partial charge in [0.2, 0.25) is 5.88 Å². The van der Waals surface area contributed by atoms with Gasteiger partial charge in [-0.05, 0) is 36.2 Å². The van der Waals surface area contributed by atoms with Crippen LogP contribution in [0.5, 0.6) is 5.88 Å². The van der Waals surface area contributed by atoms with Crippen LogP contribution in [0, 0.1) is 0 Å². The minimum Gasteiger partial charge on any atom is -0.471 e. The van der Waals surface area contributed by atoms with Crippen LogP contribution in [0.2, 0.25) is 0 Å². The van der Waals surface area contributed by atoms with Crippen LogP contribution in [0.3, 0.4) is 0 Å². The third kappa shape index (κ3) is 3.86. The standard InChI is InChI=1S/C27H28N6O3/c1-3-32(12-13-34-2)27-19-15-22(35-21(19)10-11-29-27)20-16-30-24-8-9-25(31-33(20)24)36-23-14-17-6-4-5-7-18(17)26(23)28/h4-11,15-16,23,26H,3,12-14,28H2,1-2H3/t23-,26-/m0/s1. The quantitative estimate of drug-likeness (QED) is 0.352. The molecule has 0 spiro atoms. The zero-order chi connectivity index (χ0) is 24.6. The molecule has 0 bridgehead atoms. The van der Waals surface area contributed by atoms with Crippen molar-refractivity contribution in [2.24, 2.45) is 5.73 Å². The van der Waals surface area contributed by atoms with Gasteiger partial charge in [0.15, 0.2) is 11.4 Å². The first-order valence-electron chi connectivity index (χ1n) is 12.1. The zero-order valence-corrected chi connectivity index (χ0v) is 20.3. The number of hydrogen-bond donors (Lipinski definition) is 1. The Morgan fingerprint density at radius 3 is 2.89 bits per heavy atom. The Kier molecular flexibility index (Phi) is 5.79. The van der Waals surface area contributed by atoms with Crippen LogP contribution in [0.4, 0.5) is 5.82 Å². The van der Waals surface area contributed by atoms with Crippen molar-refractivity contribution in [2.75, 3.05) is 31.7 Å². The Hall–Kier alpha value is -3.95. The van der Waals surface area contributed by atoms with Gasteiger partial charge in [-0.1, -0.05) is 24.3 Å². The lowest BCUT2D eigenvalue weighted by Gasteiger charge is -2.21. The number of likely N-dealkylation sites (N-methyl/N-ethyl adjacent to an activating group) is 1. The average Bonchev–Trinajstić information content (AvgIpc) is 3.60. The molecule has 2 N–H and O–H groups in total. The molecule has 4 heterocycles. The van der Waals surface area contributed by atoms with Crippen LogP contribution in [0.25, 0.3) is 28.1 Å². The predicted octanol–water partition coefficient (Wildman–Crippen LogP) is 4.01. The number of hydrogen-bond acceptors (Lipinski definition) is 8. The van der Waals surface area contributed by atoms with Gasteiger partial charge in [0.25, 0.3) is 0 Å². The molecule has 0 aliphatic heterocycles. The van der Waals surface area contributed by atoms with E-state index < -0.39 is 0 Å². The molecule has 0 fully saturated rings. The van der Waals surface area contributed by atoms with Gasteiger partial charge in [0.05, 0.1) is 24.2 Å². The number of aromatic nitrogens is 4. The molecule has 1 aromatic carbocycles. The van der Waals surface area contributed by atoms with E-state index in [1.54, 1.807) is 24.0 Å². The fourth-order valence-corrected chi connectivity index (χ4v) is 4.89. The highest BCUT2D eigenvalue weighted by Crippen LogP contribution is 2.34. The van der Waals surface area contributed by atoms with E-state index in [4.69, 9.17) is 24.7 Å². The van der Waals surface area contributed by atoms with Gasteiger partial charge in [0, 0.05) is 38.9 Å². The van der Waals surface area contributed by atoms with Crippen molar-refractivity contribution in [1.82, 2.24) is 19.6 Å². The summed E-state index contributed by atoms with van der Waals surface area (Å²) >= 11 is 0. The minimum absolute atomic E-state index is 0.175. The van der Waals surface area contributed by atoms with E-state index in [-0.39, 0.29) is 12.1 Å². The number of fused-ring (bicyclic) bond motifs is 3. The van der Waals surface area contributed by atoms with Gasteiger partial charge in [-0.3, -0.25) is 0 Å². The van der Waals surface area contributed by atoms with Crippen LogP contribution >= 0.6 is 0 Å². The van der Waals surface area contributed by atoms with Crippen molar-refractivity contribution in [2.45, 2.75) is 25.5 Å².